The molecule has 0 bridgehead atoms. The lowest BCUT2D eigenvalue weighted by molar-refractivity contribution is -0.186. The fourth-order valence-electron chi connectivity index (χ4n) is 2.36. The molecule has 0 aliphatic carbocycles. The molecule has 1 unspecified atom stereocenters. The summed E-state index contributed by atoms with van der Waals surface area (Å²) in [6, 6.07) is 14.1. The van der Waals surface area contributed by atoms with Gasteiger partial charge in [0.05, 0.1) is 20.3 Å². The van der Waals surface area contributed by atoms with Gasteiger partial charge in [-0.2, -0.15) is 13.2 Å². The molecule has 0 heterocycles. The van der Waals surface area contributed by atoms with Crippen LogP contribution in [0.4, 0.5) is 13.2 Å². The molecular formula is C18H19F3O3. The predicted molar refractivity (Wildman–Crippen MR) is 84.4 cm³/mol. The van der Waals surface area contributed by atoms with Crippen molar-refractivity contribution in [2.24, 2.45) is 0 Å². The number of alkyl halides is 3. The van der Waals surface area contributed by atoms with Gasteiger partial charge in [-0.15, -0.1) is 0 Å². The molecule has 3 nitrogen and oxygen atoms in total. The molecule has 2 aromatic rings. The molecule has 0 amide bonds. The van der Waals surface area contributed by atoms with Crippen LogP contribution in [0.1, 0.15) is 17.2 Å². The Labute approximate surface area is 139 Å². The highest BCUT2D eigenvalue weighted by Crippen LogP contribution is 2.31. The molecule has 130 valence electrons. The molecule has 0 spiro atoms. The van der Waals surface area contributed by atoms with Crippen molar-refractivity contribution < 1.29 is 27.4 Å². The Bertz CT molecular complexity index is 642. The second-order valence-electron chi connectivity index (χ2n) is 5.22. The van der Waals surface area contributed by atoms with E-state index in [-0.39, 0.29) is 0 Å². The first-order valence-electron chi connectivity index (χ1n) is 7.37. The number of hydrogen-bond acceptors (Lipinski definition) is 3. The minimum Gasteiger partial charge on any atom is -0.493 e. The van der Waals surface area contributed by atoms with Crippen molar-refractivity contribution in [2.75, 3.05) is 20.8 Å². The van der Waals surface area contributed by atoms with E-state index in [1.54, 1.807) is 48.5 Å². The van der Waals surface area contributed by atoms with Crippen molar-refractivity contribution in [3.05, 3.63) is 59.7 Å². The molecule has 6 heteroatoms. The molecule has 0 aromatic heterocycles. The second kappa shape index (κ2) is 8.06. The minimum atomic E-state index is -4.37. The maximum absolute atomic E-state index is 12.5. The highest BCUT2D eigenvalue weighted by molar-refractivity contribution is 5.43. The number of benzene rings is 2. The topological polar surface area (TPSA) is 27.7 Å². The Morgan fingerprint density at radius 1 is 0.917 bits per heavy atom. The van der Waals surface area contributed by atoms with Gasteiger partial charge in [0.2, 0.25) is 0 Å². The van der Waals surface area contributed by atoms with Gasteiger partial charge in [-0.05, 0) is 23.3 Å². The summed E-state index contributed by atoms with van der Waals surface area (Å²) >= 11 is 0. The Morgan fingerprint density at radius 2 is 1.58 bits per heavy atom. The van der Waals surface area contributed by atoms with Crippen LogP contribution >= 0.6 is 0 Å². The number of methoxy groups -OCH3 is 2. The Balaban J connectivity index is 2.21. The lowest BCUT2D eigenvalue weighted by Gasteiger charge is -2.20. The summed E-state index contributed by atoms with van der Waals surface area (Å²) in [6.07, 6.45) is -4.78. The van der Waals surface area contributed by atoms with Crippen LogP contribution in [-0.2, 0) is 11.2 Å². The highest BCUT2D eigenvalue weighted by Gasteiger charge is 2.29. The van der Waals surface area contributed by atoms with Crippen LogP contribution in [0.5, 0.6) is 11.5 Å². The van der Waals surface area contributed by atoms with Crippen LogP contribution in [0.3, 0.4) is 0 Å². The number of rotatable bonds is 7. The van der Waals surface area contributed by atoms with Crippen LogP contribution in [0.2, 0.25) is 0 Å². The van der Waals surface area contributed by atoms with Crippen molar-refractivity contribution in [3.8, 4) is 11.5 Å². The minimum absolute atomic E-state index is 0.292. The molecule has 2 rings (SSSR count). The summed E-state index contributed by atoms with van der Waals surface area (Å²) in [5, 5.41) is 0. The van der Waals surface area contributed by atoms with E-state index >= 15 is 0 Å². The van der Waals surface area contributed by atoms with Gasteiger partial charge in [0.15, 0.2) is 11.5 Å². The van der Waals surface area contributed by atoms with Gasteiger partial charge in [-0.25, -0.2) is 0 Å². The number of ether oxygens (including phenoxy) is 3. The lowest BCUT2D eigenvalue weighted by atomic mass is 10.0. The average Bonchev–Trinajstić information content (AvgIpc) is 2.58. The Hall–Kier alpha value is -2.21. The van der Waals surface area contributed by atoms with Crippen LogP contribution in [0.15, 0.2) is 48.5 Å². The third-order valence-corrected chi connectivity index (χ3v) is 3.49. The van der Waals surface area contributed by atoms with E-state index in [0.29, 0.717) is 23.5 Å². The molecule has 0 aliphatic rings. The van der Waals surface area contributed by atoms with Gasteiger partial charge in [-0.1, -0.05) is 36.4 Å². The van der Waals surface area contributed by atoms with Crippen LogP contribution in [0.25, 0.3) is 0 Å². The van der Waals surface area contributed by atoms with E-state index in [1.807, 2.05) is 0 Å². The zero-order valence-electron chi connectivity index (χ0n) is 13.5. The first-order valence-corrected chi connectivity index (χ1v) is 7.37. The summed E-state index contributed by atoms with van der Waals surface area (Å²) in [4.78, 5) is 0. The van der Waals surface area contributed by atoms with Crippen LogP contribution in [-0.4, -0.2) is 27.0 Å². The molecule has 2 aromatic carbocycles. The summed E-state index contributed by atoms with van der Waals surface area (Å²) in [5.74, 6) is 1.09. The molecule has 0 radical (unpaired) electrons. The Morgan fingerprint density at radius 3 is 2.17 bits per heavy atom. The van der Waals surface area contributed by atoms with E-state index in [0.717, 1.165) is 5.56 Å². The largest absolute Gasteiger partial charge is 0.493 e. The zero-order chi connectivity index (χ0) is 17.6. The van der Waals surface area contributed by atoms with E-state index in [1.165, 1.54) is 14.2 Å². The second-order valence-corrected chi connectivity index (χ2v) is 5.22. The van der Waals surface area contributed by atoms with Gasteiger partial charge >= 0.3 is 6.18 Å². The molecule has 0 N–H and O–H groups in total. The van der Waals surface area contributed by atoms with Gasteiger partial charge in [-0.3, -0.25) is 0 Å². The maximum atomic E-state index is 12.5. The first-order chi connectivity index (χ1) is 11.4. The van der Waals surface area contributed by atoms with E-state index < -0.39 is 18.9 Å². The SMILES string of the molecule is COc1ccc(CC(OCC(F)(F)F)c2ccccc2)cc1OC. The van der Waals surface area contributed by atoms with E-state index in [9.17, 15) is 13.2 Å². The Kier molecular flexibility index (Phi) is 6.09. The molecule has 0 aliphatic heterocycles. The summed E-state index contributed by atoms with van der Waals surface area (Å²) in [7, 11) is 3.03. The number of hydrogen-bond donors (Lipinski definition) is 0. The molecule has 1 atom stereocenters. The molecule has 24 heavy (non-hydrogen) atoms. The average molecular weight is 340 g/mol. The first kappa shape index (κ1) is 18.1. The van der Waals surface area contributed by atoms with Gasteiger partial charge in [0, 0.05) is 6.42 Å². The quantitative estimate of drug-likeness (QED) is 0.739. The summed E-state index contributed by atoms with van der Waals surface area (Å²) < 4.78 is 53.1. The van der Waals surface area contributed by atoms with Gasteiger partial charge in [0.25, 0.3) is 0 Å². The fraction of sp³-hybridized carbons (Fsp3) is 0.333. The van der Waals surface area contributed by atoms with Gasteiger partial charge in [0.1, 0.15) is 6.61 Å². The summed E-state index contributed by atoms with van der Waals surface area (Å²) in [6.45, 7) is -1.29. The molecule has 0 saturated heterocycles. The molecule has 0 saturated carbocycles. The number of halogens is 3. The van der Waals surface area contributed by atoms with Crippen molar-refractivity contribution in [2.45, 2.75) is 18.7 Å². The smallest absolute Gasteiger partial charge is 0.411 e. The van der Waals surface area contributed by atoms with E-state index in [2.05, 4.69) is 0 Å². The van der Waals surface area contributed by atoms with Crippen molar-refractivity contribution in [3.63, 3.8) is 0 Å². The third-order valence-electron chi connectivity index (χ3n) is 3.49. The van der Waals surface area contributed by atoms with E-state index in [4.69, 9.17) is 14.2 Å². The standard InChI is InChI=1S/C18H19F3O3/c1-22-15-9-8-13(11-17(15)23-2)10-16(24-12-18(19,20)21)14-6-4-3-5-7-14/h3-9,11,16H,10,12H2,1-2H3. The maximum Gasteiger partial charge on any atom is 0.411 e. The van der Waals surface area contributed by atoms with Gasteiger partial charge < -0.3 is 14.2 Å². The molecule has 0 fully saturated rings. The van der Waals surface area contributed by atoms with Crippen LogP contribution < -0.4 is 9.47 Å². The third kappa shape index (κ3) is 5.16. The highest BCUT2D eigenvalue weighted by atomic mass is 19.4. The molecular weight excluding hydrogens is 321 g/mol. The van der Waals surface area contributed by atoms with Crippen LogP contribution in [0, 0.1) is 0 Å². The normalized spacial score (nSPS) is 12.7. The fourth-order valence-corrected chi connectivity index (χ4v) is 2.36. The summed E-state index contributed by atoms with van der Waals surface area (Å²) in [5.41, 5.74) is 1.49. The van der Waals surface area contributed by atoms with Crippen molar-refractivity contribution in [1.82, 2.24) is 0 Å². The van der Waals surface area contributed by atoms with Crippen molar-refractivity contribution in [1.29, 1.82) is 0 Å². The zero-order valence-corrected chi connectivity index (χ0v) is 13.5. The monoisotopic (exact) mass is 340 g/mol. The lowest BCUT2D eigenvalue weighted by Crippen LogP contribution is -2.20. The van der Waals surface area contributed by atoms with Crippen molar-refractivity contribution >= 4 is 0 Å². The predicted octanol–water partition coefficient (Wildman–Crippen LogP) is 4.57.